The van der Waals surface area contributed by atoms with Crippen LogP contribution < -0.4 is 10.6 Å². The third-order valence-electron chi connectivity index (χ3n) is 5.34. The van der Waals surface area contributed by atoms with Gasteiger partial charge >= 0.3 is 0 Å². The van der Waals surface area contributed by atoms with Crippen LogP contribution in [0.4, 0.5) is 5.82 Å². The summed E-state index contributed by atoms with van der Waals surface area (Å²) in [6.45, 7) is 3.10. The Morgan fingerprint density at radius 2 is 1.91 bits per heavy atom. The second-order valence-electron chi connectivity index (χ2n) is 7.57. The molecule has 0 aliphatic carbocycles. The van der Waals surface area contributed by atoms with Crippen LogP contribution in [0.15, 0.2) is 55.2 Å². The molecular weight excluding hydrogens is 418 g/mol. The molecule has 3 aromatic heterocycles. The minimum Gasteiger partial charge on any atom is -0.377 e. The van der Waals surface area contributed by atoms with Crippen LogP contribution in [-0.2, 0) is 11.3 Å². The first-order valence-electron chi connectivity index (χ1n) is 10.6. The Morgan fingerprint density at radius 1 is 1.09 bits per heavy atom. The van der Waals surface area contributed by atoms with Crippen molar-refractivity contribution in [2.45, 2.75) is 19.4 Å². The van der Waals surface area contributed by atoms with Crippen molar-refractivity contribution in [2.24, 2.45) is 0 Å². The molecule has 4 aromatic rings. The van der Waals surface area contributed by atoms with E-state index in [0.717, 1.165) is 27.7 Å². The zero-order valence-electron chi connectivity index (χ0n) is 18.7. The largest absolute Gasteiger partial charge is 0.377 e. The Balaban J connectivity index is 1.51. The molecule has 0 unspecified atom stereocenters. The fourth-order valence-electron chi connectivity index (χ4n) is 3.60. The molecule has 0 saturated carbocycles. The summed E-state index contributed by atoms with van der Waals surface area (Å²) >= 11 is 0. The number of fused-ring (bicyclic) bond motifs is 1. The Kier molecular flexibility index (Phi) is 6.80. The first kappa shape index (κ1) is 22.2. The molecule has 1 aromatic carbocycles. The molecule has 33 heavy (non-hydrogen) atoms. The van der Waals surface area contributed by atoms with E-state index in [-0.39, 0.29) is 11.8 Å². The SMILES string of the molecule is CNC(=O)c1ccnc2c([C@H](C)CNc3cc(-c4cnc(COC)nc4)ncn3)cccc12. The Bertz CT molecular complexity index is 1260. The molecule has 0 saturated heterocycles. The van der Waals surface area contributed by atoms with Gasteiger partial charge in [0.2, 0.25) is 0 Å². The van der Waals surface area contributed by atoms with Gasteiger partial charge in [-0.3, -0.25) is 9.78 Å². The number of carbonyl (C=O) groups is 1. The van der Waals surface area contributed by atoms with Crippen LogP contribution in [0.2, 0.25) is 0 Å². The maximum Gasteiger partial charge on any atom is 0.251 e. The van der Waals surface area contributed by atoms with Crippen molar-refractivity contribution >= 4 is 22.6 Å². The fourth-order valence-corrected chi connectivity index (χ4v) is 3.60. The fraction of sp³-hybridized carbons (Fsp3) is 0.250. The lowest BCUT2D eigenvalue weighted by atomic mass is 9.96. The molecule has 9 heteroatoms. The minimum atomic E-state index is -0.127. The van der Waals surface area contributed by atoms with Gasteiger partial charge in [-0.05, 0) is 11.6 Å². The zero-order chi connectivity index (χ0) is 23.2. The molecule has 4 rings (SSSR count). The van der Waals surface area contributed by atoms with E-state index in [1.54, 1.807) is 38.8 Å². The van der Waals surface area contributed by atoms with Gasteiger partial charge in [-0.1, -0.05) is 25.1 Å². The van der Waals surface area contributed by atoms with Crippen LogP contribution in [0.3, 0.4) is 0 Å². The summed E-state index contributed by atoms with van der Waals surface area (Å²) in [5.74, 6) is 1.31. The predicted octanol–water partition coefficient (Wildman–Crippen LogP) is 3.20. The average molecular weight is 444 g/mol. The van der Waals surface area contributed by atoms with Crippen LogP contribution in [0.1, 0.15) is 34.6 Å². The van der Waals surface area contributed by atoms with E-state index in [1.807, 2.05) is 24.3 Å². The summed E-state index contributed by atoms with van der Waals surface area (Å²) in [7, 11) is 3.23. The number of para-hydroxylation sites is 1. The molecule has 2 N–H and O–H groups in total. The Hall–Kier alpha value is -3.98. The number of hydrogen-bond donors (Lipinski definition) is 2. The van der Waals surface area contributed by atoms with Crippen LogP contribution in [-0.4, -0.2) is 51.5 Å². The standard InChI is InChI=1S/C24H25N7O2/c1-15(17-5-4-6-18-19(24(32)25-2)7-8-26-23(17)18)10-27-21-9-20(30-14-31-21)16-11-28-22(13-33-3)29-12-16/h4-9,11-12,14-15H,10,13H2,1-3H3,(H,25,32)(H,27,30,31)/t15-/m1/s1. The normalized spacial score (nSPS) is 11.8. The molecule has 0 bridgehead atoms. The number of hydrogen-bond acceptors (Lipinski definition) is 8. The molecule has 0 aliphatic heterocycles. The first-order chi connectivity index (χ1) is 16.1. The number of nitrogens with one attached hydrogen (secondary N) is 2. The third kappa shape index (κ3) is 4.93. The summed E-state index contributed by atoms with van der Waals surface area (Å²) in [6, 6.07) is 9.53. The summed E-state index contributed by atoms with van der Waals surface area (Å²) in [4.78, 5) is 34.0. The van der Waals surface area contributed by atoms with Crippen LogP contribution in [0, 0.1) is 0 Å². The van der Waals surface area contributed by atoms with Gasteiger partial charge in [0.15, 0.2) is 5.82 Å². The second-order valence-corrected chi connectivity index (χ2v) is 7.57. The molecule has 0 fully saturated rings. The van der Waals surface area contributed by atoms with Gasteiger partial charge in [-0.2, -0.15) is 0 Å². The molecular formula is C24H25N7O2. The predicted molar refractivity (Wildman–Crippen MR) is 126 cm³/mol. The van der Waals surface area contributed by atoms with E-state index in [1.165, 1.54) is 6.33 Å². The van der Waals surface area contributed by atoms with Gasteiger partial charge < -0.3 is 15.4 Å². The molecule has 0 radical (unpaired) electrons. The van der Waals surface area contributed by atoms with E-state index in [4.69, 9.17) is 4.74 Å². The maximum atomic E-state index is 12.2. The highest BCUT2D eigenvalue weighted by Gasteiger charge is 2.15. The minimum absolute atomic E-state index is 0.121. The highest BCUT2D eigenvalue weighted by Crippen LogP contribution is 2.27. The summed E-state index contributed by atoms with van der Waals surface area (Å²) in [6.07, 6.45) is 6.64. The average Bonchev–Trinajstić information content (AvgIpc) is 2.87. The van der Waals surface area contributed by atoms with E-state index >= 15 is 0 Å². The van der Waals surface area contributed by atoms with Crippen molar-refractivity contribution in [1.82, 2.24) is 30.2 Å². The molecule has 168 valence electrons. The number of aromatic nitrogens is 5. The number of anilines is 1. The molecule has 0 spiro atoms. The molecule has 9 nitrogen and oxygen atoms in total. The van der Waals surface area contributed by atoms with Crippen molar-refractivity contribution in [3.05, 3.63) is 72.2 Å². The molecule has 0 aliphatic rings. The lowest BCUT2D eigenvalue weighted by Crippen LogP contribution is -2.18. The number of nitrogens with zero attached hydrogens (tertiary/aromatic N) is 5. The number of pyridine rings is 1. The number of methoxy groups -OCH3 is 1. The van der Waals surface area contributed by atoms with Crippen LogP contribution >= 0.6 is 0 Å². The van der Waals surface area contributed by atoms with E-state index in [9.17, 15) is 4.79 Å². The highest BCUT2D eigenvalue weighted by molar-refractivity contribution is 6.06. The van der Waals surface area contributed by atoms with Crippen LogP contribution in [0.5, 0.6) is 0 Å². The molecule has 1 atom stereocenters. The Labute approximate surface area is 191 Å². The number of ether oxygens (including phenoxy) is 1. The summed E-state index contributed by atoms with van der Waals surface area (Å²) in [5, 5.41) is 6.90. The van der Waals surface area contributed by atoms with Crippen molar-refractivity contribution in [3.63, 3.8) is 0 Å². The topological polar surface area (TPSA) is 115 Å². The zero-order valence-corrected chi connectivity index (χ0v) is 18.7. The van der Waals surface area contributed by atoms with E-state index in [0.29, 0.717) is 30.4 Å². The van der Waals surface area contributed by atoms with Gasteiger partial charge in [-0.25, -0.2) is 19.9 Å². The van der Waals surface area contributed by atoms with Crippen LogP contribution in [0.25, 0.3) is 22.2 Å². The number of amides is 1. The summed E-state index contributed by atoms with van der Waals surface area (Å²) < 4.78 is 5.05. The first-order valence-corrected chi connectivity index (χ1v) is 10.6. The third-order valence-corrected chi connectivity index (χ3v) is 5.34. The van der Waals surface area contributed by atoms with Gasteiger partial charge in [-0.15, -0.1) is 0 Å². The van der Waals surface area contributed by atoms with Gasteiger partial charge in [0.1, 0.15) is 18.8 Å². The maximum absolute atomic E-state index is 12.2. The smallest absolute Gasteiger partial charge is 0.251 e. The highest BCUT2D eigenvalue weighted by atomic mass is 16.5. The second kappa shape index (κ2) is 10.1. The number of carbonyl (C=O) groups excluding carboxylic acids is 1. The lowest BCUT2D eigenvalue weighted by Gasteiger charge is -2.16. The van der Waals surface area contributed by atoms with Gasteiger partial charge in [0.05, 0.1) is 16.8 Å². The van der Waals surface area contributed by atoms with E-state index < -0.39 is 0 Å². The Morgan fingerprint density at radius 3 is 2.67 bits per heavy atom. The van der Waals surface area contributed by atoms with Crippen molar-refractivity contribution < 1.29 is 9.53 Å². The van der Waals surface area contributed by atoms with E-state index in [2.05, 4.69) is 42.5 Å². The molecule has 3 heterocycles. The molecule has 1 amide bonds. The quantitative estimate of drug-likeness (QED) is 0.427. The van der Waals surface area contributed by atoms with Crippen molar-refractivity contribution in [3.8, 4) is 11.3 Å². The van der Waals surface area contributed by atoms with Crippen molar-refractivity contribution in [1.29, 1.82) is 0 Å². The number of benzene rings is 1. The van der Waals surface area contributed by atoms with Gasteiger partial charge in [0.25, 0.3) is 5.91 Å². The van der Waals surface area contributed by atoms with Crippen molar-refractivity contribution in [2.75, 3.05) is 26.0 Å². The van der Waals surface area contributed by atoms with Gasteiger partial charge in [0, 0.05) is 62.2 Å². The lowest BCUT2D eigenvalue weighted by molar-refractivity contribution is 0.0964. The number of rotatable bonds is 8. The monoisotopic (exact) mass is 443 g/mol. The summed E-state index contributed by atoms with van der Waals surface area (Å²) in [5.41, 5.74) is 4.02.